The van der Waals surface area contributed by atoms with E-state index < -0.39 is 6.04 Å². The van der Waals surface area contributed by atoms with Crippen LogP contribution in [0.2, 0.25) is 0 Å². The Morgan fingerprint density at radius 2 is 1.54 bits per heavy atom. The number of halogens is 1. The fourth-order valence-corrected chi connectivity index (χ4v) is 3.80. The van der Waals surface area contributed by atoms with Crippen LogP contribution in [0.3, 0.4) is 0 Å². The van der Waals surface area contributed by atoms with Gasteiger partial charge in [0.2, 0.25) is 11.7 Å². The maximum atomic E-state index is 12.9. The van der Waals surface area contributed by atoms with E-state index in [0.717, 1.165) is 5.56 Å². The highest BCUT2D eigenvalue weighted by atomic mass is 35.5. The van der Waals surface area contributed by atoms with Crippen LogP contribution in [0.15, 0.2) is 66.9 Å². The highest BCUT2D eigenvalue weighted by molar-refractivity contribution is 5.97. The van der Waals surface area contributed by atoms with Gasteiger partial charge >= 0.3 is 0 Å². The summed E-state index contributed by atoms with van der Waals surface area (Å²) in [7, 11) is 6.16. The highest BCUT2D eigenvalue weighted by Gasteiger charge is 2.20. The molecule has 4 aromatic rings. The molecule has 0 aliphatic heterocycles. The normalized spacial score (nSPS) is 11.2. The molecule has 0 spiro atoms. The number of hydrogen-bond acceptors (Lipinski definition) is 8. The SMILES string of the molecule is COc1ccc(-c2cnnn2-c2cc(OC)c(OC)c(OC)c2)cc1NC(=O)C(N)c1ccccc1.Cl. The zero-order chi connectivity index (χ0) is 25.7. The molecule has 1 amide bonds. The first kappa shape index (κ1) is 27.3. The van der Waals surface area contributed by atoms with Gasteiger partial charge in [-0.25, -0.2) is 4.68 Å². The highest BCUT2D eigenvalue weighted by Crippen LogP contribution is 2.40. The molecule has 0 radical (unpaired) electrons. The number of nitrogens with one attached hydrogen (secondary N) is 1. The summed E-state index contributed by atoms with van der Waals surface area (Å²) in [6.07, 6.45) is 1.62. The fourth-order valence-electron chi connectivity index (χ4n) is 3.80. The first-order valence-corrected chi connectivity index (χ1v) is 11.0. The van der Waals surface area contributed by atoms with Crippen molar-refractivity contribution in [1.82, 2.24) is 15.0 Å². The third-order valence-corrected chi connectivity index (χ3v) is 5.64. The first-order valence-electron chi connectivity index (χ1n) is 11.0. The Morgan fingerprint density at radius 3 is 2.14 bits per heavy atom. The Balaban J connectivity index is 0.00000380. The van der Waals surface area contributed by atoms with Crippen molar-refractivity contribution in [2.24, 2.45) is 5.73 Å². The number of anilines is 1. The molecule has 11 heteroatoms. The molecule has 0 bridgehead atoms. The molecular formula is C26H28ClN5O5. The zero-order valence-corrected chi connectivity index (χ0v) is 21.6. The van der Waals surface area contributed by atoms with Gasteiger partial charge in [-0.2, -0.15) is 0 Å². The molecule has 0 aliphatic carbocycles. The summed E-state index contributed by atoms with van der Waals surface area (Å²) in [6.45, 7) is 0. The second kappa shape index (κ2) is 12.1. The number of hydrogen-bond donors (Lipinski definition) is 2. The molecule has 37 heavy (non-hydrogen) atoms. The number of aromatic nitrogens is 3. The van der Waals surface area contributed by atoms with Crippen LogP contribution in [0, 0.1) is 0 Å². The predicted octanol–water partition coefficient (Wildman–Crippen LogP) is 4.03. The third kappa shape index (κ3) is 5.60. The van der Waals surface area contributed by atoms with Crippen molar-refractivity contribution in [2.45, 2.75) is 6.04 Å². The molecule has 0 saturated carbocycles. The number of ether oxygens (including phenoxy) is 4. The van der Waals surface area contributed by atoms with Crippen LogP contribution >= 0.6 is 12.4 Å². The molecule has 1 aromatic heterocycles. The molecular weight excluding hydrogens is 498 g/mol. The number of methoxy groups -OCH3 is 4. The van der Waals surface area contributed by atoms with Gasteiger partial charge in [0.25, 0.3) is 0 Å². The molecule has 1 unspecified atom stereocenters. The Kier molecular flexibility index (Phi) is 8.94. The summed E-state index contributed by atoms with van der Waals surface area (Å²) in [5.41, 5.74) is 9.38. The minimum absolute atomic E-state index is 0. The third-order valence-electron chi connectivity index (χ3n) is 5.64. The monoisotopic (exact) mass is 525 g/mol. The van der Waals surface area contributed by atoms with Gasteiger partial charge in [-0.15, -0.1) is 17.5 Å². The molecule has 0 saturated heterocycles. The second-order valence-electron chi connectivity index (χ2n) is 7.71. The van der Waals surface area contributed by atoms with E-state index in [-0.39, 0.29) is 18.3 Å². The average Bonchev–Trinajstić information content (AvgIpc) is 3.42. The molecule has 3 aromatic carbocycles. The number of nitrogens with two attached hydrogens (primary N) is 1. The van der Waals surface area contributed by atoms with Gasteiger partial charge in [-0.05, 0) is 23.8 Å². The van der Waals surface area contributed by atoms with Crippen LogP contribution in [0.1, 0.15) is 11.6 Å². The van der Waals surface area contributed by atoms with E-state index in [1.165, 1.54) is 14.2 Å². The largest absolute Gasteiger partial charge is 0.495 e. The van der Waals surface area contributed by atoms with Crippen molar-refractivity contribution >= 4 is 24.0 Å². The van der Waals surface area contributed by atoms with Gasteiger partial charge in [0, 0.05) is 17.7 Å². The number of amides is 1. The summed E-state index contributed by atoms with van der Waals surface area (Å²) < 4.78 is 23.5. The van der Waals surface area contributed by atoms with Crippen molar-refractivity contribution in [1.29, 1.82) is 0 Å². The van der Waals surface area contributed by atoms with E-state index in [1.807, 2.05) is 24.3 Å². The molecule has 0 fully saturated rings. The van der Waals surface area contributed by atoms with E-state index in [0.29, 0.717) is 45.6 Å². The van der Waals surface area contributed by atoms with E-state index in [4.69, 9.17) is 24.7 Å². The lowest BCUT2D eigenvalue weighted by molar-refractivity contribution is -0.117. The minimum Gasteiger partial charge on any atom is -0.495 e. The Morgan fingerprint density at radius 1 is 0.892 bits per heavy atom. The maximum Gasteiger partial charge on any atom is 0.245 e. The number of nitrogens with zero attached hydrogens (tertiary/aromatic N) is 3. The first-order chi connectivity index (χ1) is 17.5. The number of carbonyl (C=O) groups excluding carboxylic acids is 1. The van der Waals surface area contributed by atoms with Crippen LogP contribution in [0.4, 0.5) is 5.69 Å². The van der Waals surface area contributed by atoms with Gasteiger partial charge in [0.15, 0.2) is 11.5 Å². The van der Waals surface area contributed by atoms with E-state index in [1.54, 1.807) is 61.5 Å². The number of rotatable bonds is 9. The van der Waals surface area contributed by atoms with E-state index >= 15 is 0 Å². The topological polar surface area (TPSA) is 123 Å². The Hall–Kier alpha value is -4.28. The van der Waals surface area contributed by atoms with E-state index in [9.17, 15) is 4.79 Å². The average molecular weight is 526 g/mol. The molecule has 10 nitrogen and oxygen atoms in total. The summed E-state index contributed by atoms with van der Waals surface area (Å²) >= 11 is 0. The van der Waals surface area contributed by atoms with Crippen molar-refractivity contribution in [3.8, 4) is 39.9 Å². The maximum absolute atomic E-state index is 12.9. The van der Waals surface area contributed by atoms with Crippen LogP contribution in [0.5, 0.6) is 23.0 Å². The number of benzene rings is 3. The molecule has 3 N–H and O–H groups in total. The second-order valence-corrected chi connectivity index (χ2v) is 7.71. The van der Waals surface area contributed by atoms with Crippen LogP contribution < -0.4 is 30.0 Å². The van der Waals surface area contributed by atoms with Crippen molar-refractivity contribution in [2.75, 3.05) is 33.8 Å². The predicted molar refractivity (Wildman–Crippen MR) is 142 cm³/mol. The minimum atomic E-state index is -0.842. The van der Waals surface area contributed by atoms with Crippen molar-refractivity contribution in [3.63, 3.8) is 0 Å². The summed E-state index contributed by atoms with van der Waals surface area (Å²) in [6, 6.07) is 17.2. The fraction of sp³-hybridized carbons (Fsp3) is 0.192. The Bertz CT molecular complexity index is 1340. The van der Waals surface area contributed by atoms with Crippen LogP contribution in [-0.4, -0.2) is 49.3 Å². The molecule has 4 rings (SSSR count). The lowest BCUT2D eigenvalue weighted by Gasteiger charge is -2.17. The van der Waals surface area contributed by atoms with Gasteiger partial charge in [-0.3, -0.25) is 4.79 Å². The molecule has 0 aliphatic rings. The summed E-state index contributed by atoms with van der Waals surface area (Å²) in [5, 5.41) is 11.2. The number of carbonyl (C=O) groups is 1. The van der Waals surface area contributed by atoms with Gasteiger partial charge in [-0.1, -0.05) is 35.5 Å². The van der Waals surface area contributed by atoms with E-state index in [2.05, 4.69) is 15.6 Å². The summed E-state index contributed by atoms with van der Waals surface area (Å²) in [5.74, 6) is 1.54. The molecule has 1 atom stereocenters. The van der Waals surface area contributed by atoms with Gasteiger partial charge in [0.1, 0.15) is 11.8 Å². The van der Waals surface area contributed by atoms with Crippen molar-refractivity contribution < 1.29 is 23.7 Å². The lowest BCUT2D eigenvalue weighted by atomic mass is 10.1. The molecule has 1 heterocycles. The zero-order valence-electron chi connectivity index (χ0n) is 20.8. The smallest absolute Gasteiger partial charge is 0.245 e. The Labute approximate surface area is 220 Å². The van der Waals surface area contributed by atoms with Crippen molar-refractivity contribution in [3.05, 3.63) is 72.4 Å². The van der Waals surface area contributed by atoms with Crippen LogP contribution in [-0.2, 0) is 4.79 Å². The lowest BCUT2D eigenvalue weighted by Crippen LogP contribution is -2.27. The van der Waals surface area contributed by atoms with Gasteiger partial charge in [0.05, 0.1) is 51.7 Å². The van der Waals surface area contributed by atoms with Gasteiger partial charge < -0.3 is 30.0 Å². The van der Waals surface area contributed by atoms with Crippen LogP contribution in [0.25, 0.3) is 16.9 Å². The summed E-state index contributed by atoms with van der Waals surface area (Å²) in [4.78, 5) is 12.9. The quantitative estimate of drug-likeness (QED) is 0.336. The molecule has 194 valence electrons. The standard InChI is InChI=1S/C26H27N5O5.ClH/c1-33-21-11-10-17(12-19(21)29-26(32)24(27)16-8-6-5-7-9-16)20-15-28-30-31(20)18-13-22(34-2)25(36-4)23(14-18)35-3;/h5-15,24H,27H2,1-4H3,(H,29,32);1H.